The van der Waals surface area contributed by atoms with Crippen LogP contribution in [0, 0.1) is 10.5 Å². The summed E-state index contributed by atoms with van der Waals surface area (Å²) in [5.74, 6) is 2.25. The molecule has 0 aliphatic heterocycles. The highest BCUT2D eigenvalue weighted by Crippen LogP contribution is 2.29. The topological polar surface area (TPSA) is 9.23 Å². The number of aryl methyl sites for hydroxylation is 1. The summed E-state index contributed by atoms with van der Waals surface area (Å²) in [6.07, 6.45) is 0. The average molecular weight is 359 g/mol. The molecule has 0 atom stereocenters. The van der Waals surface area contributed by atoms with Gasteiger partial charge < -0.3 is 4.74 Å². The first kappa shape index (κ1) is 12.7. The molecule has 0 amide bonds. The summed E-state index contributed by atoms with van der Waals surface area (Å²) in [5, 5.41) is 0. The molecule has 0 N–H and O–H groups in total. The van der Waals surface area contributed by atoms with Gasteiger partial charge >= 0.3 is 0 Å². The van der Waals surface area contributed by atoms with Crippen molar-refractivity contribution >= 4 is 34.2 Å². The number of alkyl halides is 1. The molecular weight excluding hydrogens is 347 g/mol. The van der Waals surface area contributed by atoms with E-state index in [1.165, 1.54) is 0 Å². The Morgan fingerprint density at radius 1 is 1.12 bits per heavy atom. The lowest BCUT2D eigenvalue weighted by Crippen LogP contribution is -1.91. The lowest BCUT2D eigenvalue weighted by Gasteiger charge is -2.11. The number of rotatable bonds is 3. The van der Waals surface area contributed by atoms with Gasteiger partial charge in [0.2, 0.25) is 0 Å². The third kappa shape index (κ3) is 3.13. The average Bonchev–Trinajstić information content (AvgIpc) is 2.35. The number of benzene rings is 2. The number of para-hydroxylation sites is 1. The van der Waals surface area contributed by atoms with Crippen molar-refractivity contribution in [3.63, 3.8) is 0 Å². The minimum atomic E-state index is 0.503. The molecule has 0 unspecified atom stereocenters. The molecule has 0 heterocycles. The highest BCUT2D eigenvalue weighted by molar-refractivity contribution is 14.1. The quantitative estimate of drug-likeness (QED) is 0.546. The van der Waals surface area contributed by atoms with E-state index in [1.807, 2.05) is 49.4 Å². The van der Waals surface area contributed by atoms with Crippen molar-refractivity contribution in [2.75, 3.05) is 0 Å². The Kier molecular flexibility index (Phi) is 4.29. The zero-order chi connectivity index (χ0) is 12.3. The van der Waals surface area contributed by atoms with Crippen LogP contribution in [0.5, 0.6) is 11.5 Å². The highest BCUT2D eigenvalue weighted by atomic mass is 127. The van der Waals surface area contributed by atoms with Crippen molar-refractivity contribution in [2.24, 2.45) is 0 Å². The number of hydrogen-bond donors (Lipinski definition) is 0. The highest BCUT2D eigenvalue weighted by Gasteiger charge is 2.05. The van der Waals surface area contributed by atoms with Crippen LogP contribution in [-0.4, -0.2) is 0 Å². The van der Waals surface area contributed by atoms with Gasteiger partial charge in [0.05, 0.1) is 3.57 Å². The van der Waals surface area contributed by atoms with Crippen LogP contribution in [0.15, 0.2) is 42.5 Å². The summed E-state index contributed by atoms with van der Waals surface area (Å²) in [6.45, 7) is 2.03. The number of ether oxygens (including phenoxy) is 1. The van der Waals surface area contributed by atoms with Crippen molar-refractivity contribution in [2.45, 2.75) is 12.8 Å². The molecule has 0 aliphatic rings. The molecule has 0 saturated carbocycles. The lowest BCUT2D eigenvalue weighted by atomic mass is 10.1. The Hall–Kier alpha value is -0.740. The molecule has 2 aromatic rings. The Bertz CT molecular complexity index is 525. The molecule has 2 rings (SSSR count). The summed E-state index contributed by atoms with van der Waals surface area (Å²) in [4.78, 5) is 0. The lowest BCUT2D eigenvalue weighted by molar-refractivity contribution is 0.475. The van der Waals surface area contributed by atoms with Gasteiger partial charge in [0, 0.05) is 5.88 Å². The SMILES string of the molecule is Cc1ccc(CCl)cc1Oc1ccccc1I. The van der Waals surface area contributed by atoms with Gasteiger partial charge in [-0.1, -0.05) is 24.3 Å². The van der Waals surface area contributed by atoms with Crippen LogP contribution in [0.4, 0.5) is 0 Å². The van der Waals surface area contributed by atoms with Crippen LogP contribution < -0.4 is 4.74 Å². The van der Waals surface area contributed by atoms with E-state index in [-0.39, 0.29) is 0 Å². The third-order valence-corrected chi connectivity index (χ3v) is 3.66. The minimum Gasteiger partial charge on any atom is -0.456 e. The maximum atomic E-state index is 5.92. The smallest absolute Gasteiger partial charge is 0.140 e. The van der Waals surface area contributed by atoms with Crippen molar-refractivity contribution in [1.29, 1.82) is 0 Å². The van der Waals surface area contributed by atoms with Crippen LogP contribution in [0.1, 0.15) is 11.1 Å². The Balaban J connectivity index is 2.32. The van der Waals surface area contributed by atoms with Gasteiger partial charge in [0.15, 0.2) is 0 Å². The largest absolute Gasteiger partial charge is 0.456 e. The van der Waals surface area contributed by atoms with Crippen LogP contribution in [-0.2, 0) is 5.88 Å². The molecule has 0 radical (unpaired) electrons. The predicted octanol–water partition coefficient (Wildman–Crippen LogP) is 5.13. The Morgan fingerprint density at radius 3 is 2.59 bits per heavy atom. The van der Waals surface area contributed by atoms with Gasteiger partial charge in [-0.25, -0.2) is 0 Å². The van der Waals surface area contributed by atoms with E-state index in [9.17, 15) is 0 Å². The van der Waals surface area contributed by atoms with E-state index in [0.717, 1.165) is 26.2 Å². The van der Waals surface area contributed by atoms with Crippen LogP contribution in [0.25, 0.3) is 0 Å². The molecule has 0 spiro atoms. The van der Waals surface area contributed by atoms with Crippen LogP contribution >= 0.6 is 34.2 Å². The van der Waals surface area contributed by atoms with Gasteiger partial charge in [0.1, 0.15) is 11.5 Å². The molecular formula is C14H12ClIO. The van der Waals surface area contributed by atoms with Crippen molar-refractivity contribution in [3.8, 4) is 11.5 Å². The first-order valence-electron chi connectivity index (χ1n) is 5.28. The van der Waals surface area contributed by atoms with Crippen molar-refractivity contribution < 1.29 is 4.74 Å². The van der Waals surface area contributed by atoms with Gasteiger partial charge in [-0.2, -0.15) is 0 Å². The summed E-state index contributed by atoms with van der Waals surface area (Å²) < 4.78 is 7.01. The van der Waals surface area contributed by atoms with Crippen LogP contribution in [0.2, 0.25) is 0 Å². The summed E-state index contributed by atoms with van der Waals surface area (Å²) in [5.41, 5.74) is 2.18. The van der Waals surface area contributed by atoms with Gasteiger partial charge in [0.25, 0.3) is 0 Å². The molecule has 3 heteroatoms. The second kappa shape index (κ2) is 5.74. The molecule has 0 bridgehead atoms. The second-order valence-corrected chi connectivity index (χ2v) is 5.20. The number of halogens is 2. The summed E-state index contributed by atoms with van der Waals surface area (Å²) in [7, 11) is 0. The molecule has 0 saturated heterocycles. The van der Waals surface area contributed by atoms with Gasteiger partial charge in [-0.15, -0.1) is 11.6 Å². The van der Waals surface area contributed by atoms with Crippen LogP contribution in [0.3, 0.4) is 0 Å². The summed E-state index contributed by atoms with van der Waals surface area (Å²) >= 11 is 8.09. The van der Waals surface area contributed by atoms with E-state index in [0.29, 0.717) is 5.88 Å². The fourth-order valence-corrected chi connectivity index (χ4v) is 2.15. The maximum Gasteiger partial charge on any atom is 0.140 e. The monoisotopic (exact) mass is 358 g/mol. The second-order valence-electron chi connectivity index (χ2n) is 3.77. The molecule has 17 heavy (non-hydrogen) atoms. The zero-order valence-electron chi connectivity index (χ0n) is 9.41. The van der Waals surface area contributed by atoms with Crippen molar-refractivity contribution in [3.05, 3.63) is 57.2 Å². The fourth-order valence-electron chi connectivity index (χ4n) is 1.48. The maximum absolute atomic E-state index is 5.92. The molecule has 88 valence electrons. The Morgan fingerprint density at radius 2 is 1.88 bits per heavy atom. The zero-order valence-corrected chi connectivity index (χ0v) is 12.3. The molecule has 0 fully saturated rings. The molecule has 2 aromatic carbocycles. The normalized spacial score (nSPS) is 10.3. The first-order chi connectivity index (χ1) is 8.20. The first-order valence-corrected chi connectivity index (χ1v) is 6.90. The standard InChI is InChI=1S/C14H12ClIO/c1-10-6-7-11(9-15)8-14(10)17-13-5-3-2-4-12(13)16/h2-8H,9H2,1H3. The van der Waals surface area contributed by atoms with E-state index >= 15 is 0 Å². The minimum absolute atomic E-state index is 0.503. The van der Waals surface area contributed by atoms with E-state index in [4.69, 9.17) is 16.3 Å². The van der Waals surface area contributed by atoms with E-state index in [1.54, 1.807) is 0 Å². The van der Waals surface area contributed by atoms with Gasteiger partial charge in [-0.05, 0) is 58.8 Å². The Labute approximate surface area is 120 Å². The predicted molar refractivity (Wildman–Crippen MR) is 80.0 cm³/mol. The number of hydrogen-bond acceptors (Lipinski definition) is 1. The summed E-state index contributed by atoms with van der Waals surface area (Å²) in [6, 6.07) is 14.0. The van der Waals surface area contributed by atoms with E-state index in [2.05, 4.69) is 22.6 Å². The third-order valence-electron chi connectivity index (χ3n) is 2.46. The fraction of sp³-hybridized carbons (Fsp3) is 0.143. The van der Waals surface area contributed by atoms with Crippen molar-refractivity contribution in [1.82, 2.24) is 0 Å². The van der Waals surface area contributed by atoms with E-state index < -0.39 is 0 Å². The molecule has 0 aromatic heterocycles. The molecule has 1 nitrogen and oxygen atoms in total. The van der Waals surface area contributed by atoms with Gasteiger partial charge in [-0.3, -0.25) is 0 Å². The molecule has 0 aliphatic carbocycles.